The fraction of sp³-hybridized carbons (Fsp3) is 0. The van der Waals surface area contributed by atoms with Crippen LogP contribution in [0.3, 0.4) is 0 Å². The van der Waals surface area contributed by atoms with Crippen molar-refractivity contribution >= 4 is 32.3 Å². The molecule has 0 spiro atoms. The summed E-state index contributed by atoms with van der Waals surface area (Å²) in [7, 11) is 0. The van der Waals surface area contributed by atoms with Gasteiger partial charge in [0.1, 0.15) is 0 Å². The van der Waals surface area contributed by atoms with Crippen molar-refractivity contribution in [2.45, 2.75) is 0 Å². The Hall–Kier alpha value is -6.13. The molecule has 0 amide bonds. The first-order valence-electron chi connectivity index (χ1n) is 15.1. The van der Waals surface area contributed by atoms with Gasteiger partial charge >= 0.3 is 0 Å². The first-order chi connectivity index (χ1) is 22.3. The Balaban J connectivity index is 1.20. The summed E-state index contributed by atoms with van der Waals surface area (Å²) in [6.07, 6.45) is 3.77. The minimum atomic E-state index is 0.814. The molecule has 0 radical (unpaired) electrons. The summed E-state index contributed by atoms with van der Waals surface area (Å²) in [4.78, 5) is 4.39. The lowest BCUT2D eigenvalue weighted by atomic mass is 9.87. The summed E-state index contributed by atoms with van der Waals surface area (Å²) >= 11 is 0. The predicted molar refractivity (Wildman–Crippen MR) is 185 cm³/mol. The maximum absolute atomic E-state index is 4.65. The quantitative estimate of drug-likeness (QED) is 0.192. The Bertz CT molecular complexity index is 2390. The van der Waals surface area contributed by atoms with Gasteiger partial charge in [0.2, 0.25) is 0 Å². The monoisotopic (exact) mass is 574 g/mol. The summed E-state index contributed by atoms with van der Waals surface area (Å²) in [6.45, 7) is 0. The van der Waals surface area contributed by atoms with Crippen molar-refractivity contribution in [3.05, 3.63) is 158 Å². The van der Waals surface area contributed by atoms with Gasteiger partial charge in [0.05, 0.1) is 0 Å². The molecular formula is C41H26N4. The van der Waals surface area contributed by atoms with Gasteiger partial charge < -0.3 is 0 Å². The molecule has 0 N–H and O–H groups in total. The van der Waals surface area contributed by atoms with Crippen LogP contribution < -0.4 is 0 Å². The fourth-order valence-corrected chi connectivity index (χ4v) is 6.69. The molecule has 0 saturated heterocycles. The van der Waals surface area contributed by atoms with Crippen LogP contribution in [0.1, 0.15) is 0 Å². The van der Waals surface area contributed by atoms with Crippen LogP contribution in [0, 0.1) is 0 Å². The zero-order valence-electron chi connectivity index (χ0n) is 24.3. The molecule has 2 aromatic heterocycles. The van der Waals surface area contributed by atoms with Gasteiger partial charge in [0, 0.05) is 34.8 Å². The Labute approximate surface area is 260 Å². The van der Waals surface area contributed by atoms with Gasteiger partial charge in [-0.2, -0.15) is 0 Å². The molecule has 7 aromatic carbocycles. The molecule has 45 heavy (non-hydrogen) atoms. The van der Waals surface area contributed by atoms with Crippen LogP contribution in [0.5, 0.6) is 0 Å². The zero-order chi connectivity index (χ0) is 29.7. The van der Waals surface area contributed by atoms with E-state index in [1.165, 1.54) is 49.0 Å². The fourth-order valence-electron chi connectivity index (χ4n) is 6.69. The van der Waals surface area contributed by atoms with Gasteiger partial charge in [0.25, 0.3) is 0 Å². The third-order valence-electron chi connectivity index (χ3n) is 8.80. The van der Waals surface area contributed by atoms with Crippen LogP contribution in [-0.4, -0.2) is 19.7 Å². The molecule has 4 nitrogen and oxygen atoms in total. The van der Waals surface area contributed by atoms with E-state index in [1.54, 1.807) is 0 Å². The van der Waals surface area contributed by atoms with Crippen molar-refractivity contribution in [2.24, 2.45) is 0 Å². The molecule has 9 aromatic rings. The van der Waals surface area contributed by atoms with Crippen molar-refractivity contribution in [1.82, 2.24) is 19.7 Å². The maximum Gasteiger partial charge on any atom is 0.168 e. The van der Waals surface area contributed by atoms with E-state index in [-0.39, 0.29) is 0 Å². The molecule has 0 bridgehead atoms. The highest BCUT2D eigenvalue weighted by molar-refractivity contribution is 6.27. The average molecular weight is 575 g/mol. The maximum atomic E-state index is 4.65. The molecule has 0 aliphatic carbocycles. The Morgan fingerprint density at radius 1 is 0.400 bits per heavy atom. The molecule has 4 heteroatoms. The molecule has 0 saturated carbocycles. The Morgan fingerprint density at radius 2 is 0.911 bits per heavy atom. The molecule has 0 fully saturated rings. The first kappa shape index (κ1) is 25.4. The van der Waals surface area contributed by atoms with E-state index in [4.69, 9.17) is 0 Å². The smallest absolute Gasteiger partial charge is 0.168 e. The van der Waals surface area contributed by atoms with E-state index < -0.39 is 0 Å². The minimum Gasteiger partial charge on any atom is -0.275 e. The minimum absolute atomic E-state index is 0.814. The second-order valence-electron chi connectivity index (χ2n) is 11.4. The van der Waals surface area contributed by atoms with Crippen LogP contribution in [0.25, 0.3) is 83.0 Å². The van der Waals surface area contributed by atoms with Crippen molar-refractivity contribution in [3.63, 3.8) is 0 Å². The number of rotatable bonds is 5. The van der Waals surface area contributed by atoms with E-state index in [9.17, 15) is 0 Å². The lowest BCUT2D eigenvalue weighted by molar-refractivity contribution is 1.07. The number of aromatic nitrogens is 4. The van der Waals surface area contributed by atoms with Crippen molar-refractivity contribution in [2.75, 3.05) is 0 Å². The lowest BCUT2D eigenvalue weighted by Crippen LogP contribution is -2.00. The number of hydrogen-bond acceptors (Lipinski definition) is 3. The summed E-state index contributed by atoms with van der Waals surface area (Å²) in [5.74, 6) is 1.63. The van der Waals surface area contributed by atoms with Crippen molar-refractivity contribution < 1.29 is 0 Å². The predicted octanol–water partition coefficient (Wildman–Crippen LogP) is 10.2. The molecule has 0 aliphatic rings. The van der Waals surface area contributed by atoms with E-state index in [1.807, 2.05) is 54.9 Å². The summed E-state index contributed by atoms with van der Waals surface area (Å²) in [5, 5.41) is 16.9. The van der Waals surface area contributed by atoms with Crippen LogP contribution >= 0.6 is 0 Å². The zero-order valence-corrected chi connectivity index (χ0v) is 24.3. The second-order valence-corrected chi connectivity index (χ2v) is 11.4. The van der Waals surface area contributed by atoms with Gasteiger partial charge in [-0.1, -0.05) is 127 Å². The van der Waals surface area contributed by atoms with Crippen LogP contribution in [0.4, 0.5) is 0 Å². The van der Waals surface area contributed by atoms with Gasteiger partial charge in [-0.05, 0) is 67.2 Å². The van der Waals surface area contributed by atoms with Crippen molar-refractivity contribution in [1.29, 1.82) is 0 Å². The van der Waals surface area contributed by atoms with E-state index in [2.05, 4.69) is 123 Å². The lowest BCUT2D eigenvalue weighted by Gasteiger charge is -2.17. The van der Waals surface area contributed by atoms with Gasteiger partial charge in [-0.3, -0.25) is 9.55 Å². The van der Waals surface area contributed by atoms with Crippen molar-refractivity contribution in [3.8, 4) is 50.7 Å². The third kappa shape index (κ3) is 4.11. The van der Waals surface area contributed by atoms with Crippen LogP contribution in [-0.2, 0) is 0 Å². The number of nitrogens with zero attached hydrogens (tertiary/aromatic N) is 4. The first-order valence-corrected chi connectivity index (χ1v) is 15.1. The van der Waals surface area contributed by atoms with Crippen LogP contribution in [0.15, 0.2) is 158 Å². The van der Waals surface area contributed by atoms with E-state index in [0.29, 0.717) is 0 Å². The molecule has 0 aliphatic heterocycles. The molecular weight excluding hydrogens is 548 g/mol. The average Bonchev–Trinajstić information content (AvgIpc) is 3.57. The summed E-state index contributed by atoms with van der Waals surface area (Å²) in [5.41, 5.74) is 7.77. The second kappa shape index (κ2) is 10.2. The summed E-state index contributed by atoms with van der Waals surface area (Å²) in [6, 6.07) is 51.4. The van der Waals surface area contributed by atoms with Gasteiger partial charge in [-0.15, -0.1) is 10.2 Å². The number of hydrogen-bond donors (Lipinski definition) is 0. The molecule has 0 unspecified atom stereocenters. The van der Waals surface area contributed by atoms with Gasteiger partial charge in [-0.25, -0.2) is 0 Å². The SMILES string of the molecule is c1ccc(-c2nnc(-c3ccccc3)n2-c2ccc(-c3ccc4ccc5c(-c6cccnc6)ccc6ccc3c4c65)cc2)cc1. The highest BCUT2D eigenvalue weighted by atomic mass is 15.3. The van der Waals surface area contributed by atoms with E-state index >= 15 is 0 Å². The van der Waals surface area contributed by atoms with Gasteiger partial charge in [0.15, 0.2) is 11.6 Å². The Morgan fingerprint density at radius 3 is 1.44 bits per heavy atom. The third-order valence-corrected chi connectivity index (χ3v) is 8.80. The number of pyridine rings is 1. The topological polar surface area (TPSA) is 43.6 Å². The molecule has 9 rings (SSSR count). The normalized spacial score (nSPS) is 11.6. The highest BCUT2D eigenvalue weighted by Gasteiger charge is 2.18. The molecule has 2 heterocycles. The standard InChI is InChI=1S/C41H26N4/c1-3-8-30(9-4-1)40-43-44-41(31-10-5-2-6-11-31)45(40)33-19-13-27(14-20-33)34-21-15-28-18-24-37-35(32-12-7-25-42-26-32)22-16-29-17-23-36(34)38(28)39(29)37/h1-26H. The molecule has 210 valence electrons. The largest absolute Gasteiger partial charge is 0.275 e. The Kier molecular flexibility index (Phi) is 5.78. The van der Waals surface area contributed by atoms with E-state index in [0.717, 1.165) is 34.0 Å². The highest BCUT2D eigenvalue weighted by Crippen LogP contribution is 2.42. The summed E-state index contributed by atoms with van der Waals surface area (Å²) < 4.78 is 2.15. The number of benzene rings is 7. The van der Waals surface area contributed by atoms with Crippen LogP contribution in [0.2, 0.25) is 0 Å². The molecule has 0 atom stereocenters.